The molecule has 0 saturated heterocycles. The van der Waals surface area contributed by atoms with Gasteiger partial charge in [0.15, 0.2) is 5.78 Å². The van der Waals surface area contributed by atoms with E-state index >= 15 is 0 Å². The van der Waals surface area contributed by atoms with Crippen LogP contribution in [0.4, 0.5) is 0 Å². The smallest absolute Gasteiger partial charge is 0.155 e. The van der Waals surface area contributed by atoms with Crippen LogP contribution < -0.4 is 0 Å². The van der Waals surface area contributed by atoms with Gasteiger partial charge in [0.05, 0.1) is 0 Å². The van der Waals surface area contributed by atoms with Crippen molar-refractivity contribution in [2.75, 3.05) is 5.88 Å². The molecule has 0 bridgehead atoms. The molecule has 16 heavy (non-hydrogen) atoms. The zero-order valence-electron chi connectivity index (χ0n) is 9.58. The van der Waals surface area contributed by atoms with Crippen molar-refractivity contribution in [1.82, 2.24) is 0 Å². The Labute approximate surface area is 102 Å². The number of hydrogen-bond acceptors (Lipinski definition) is 1. The molecule has 86 valence electrons. The van der Waals surface area contributed by atoms with Gasteiger partial charge in [-0.05, 0) is 31.4 Å². The number of carbonyl (C=O) groups is 1. The average molecular weight is 237 g/mol. The molecule has 1 rings (SSSR count). The molecule has 1 aromatic rings. The molecule has 0 aliphatic carbocycles. The largest absolute Gasteiger partial charge is 0.295 e. The van der Waals surface area contributed by atoms with Crippen molar-refractivity contribution in [3.05, 3.63) is 41.5 Å². The van der Waals surface area contributed by atoms with Crippen molar-refractivity contribution in [1.29, 1.82) is 0 Å². The quantitative estimate of drug-likeness (QED) is 0.415. The van der Waals surface area contributed by atoms with Gasteiger partial charge in [-0.15, -0.1) is 11.6 Å². The Kier molecular flexibility index (Phi) is 5.87. The summed E-state index contributed by atoms with van der Waals surface area (Å²) < 4.78 is 0. The number of alkyl halides is 1. The van der Waals surface area contributed by atoms with Gasteiger partial charge < -0.3 is 0 Å². The maximum atomic E-state index is 11.4. The SMILES string of the molecule is Cc1ccc(/C=C/C(=O)CCCCCl)cc1. The molecular weight excluding hydrogens is 220 g/mol. The van der Waals surface area contributed by atoms with Crippen LogP contribution in [-0.4, -0.2) is 11.7 Å². The lowest BCUT2D eigenvalue weighted by Gasteiger charge is -1.95. The molecule has 0 aliphatic heterocycles. The van der Waals surface area contributed by atoms with Crippen LogP contribution in [0.5, 0.6) is 0 Å². The van der Waals surface area contributed by atoms with E-state index in [9.17, 15) is 4.79 Å². The molecule has 1 nitrogen and oxygen atoms in total. The predicted octanol–water partition coefficient (Wildman–Crippen LogP) is 3.99. The molecule has 0 heterocycles. The van der Waals surface area contributed by atoms with E-state index in [-0.39, 0.29) is 5.78 Å². The van der Waals surface area contributed by atoms with E-state index in [1.54, 1.807) is 6.08 Å². The summed E-state index contributed by atoms with van der Waals surface area (Å²) >= 11 is 5.54. The number of allylic oxidation sites excluding steroid dienone is 1. The lowest BCUT2D eigenvalue weighted by molar-refractivity contribution is -0.114. The molecule has 1 aromatic carbocycles. The summed E-state index contributed by atoms with van der Waals surface area (Å²) in [6.07, 6.45) is 5.89. The van der Waals surface area contributed by atoms with E-state index < -0.39 is 0 Å². The topological polar surface area (TPSA) is 17.1 Å². The molecular formula is C14H17ClO. The number of aryl methyl sites for hydroxylation is 1. The Bertz CT molecular complexity index is 352. The van der Waals surface area contributed by atoms with Crippen molar-refractivity contribution < 1.29 is 4.79 Å². The standard InChI is InChI=1S/C14H17ClO/c1-12-5-7-13(8-6-12)9-10-14(16)4-2-3-11-15/h5-10H,2-4,11H2,1H3/b10-9+. The number of hydrogen-bond donors (Lipinski definition) is 0. The summed E-state index contributed by atoms with van der Waals surface area (Å²) in [6, 6.07) is 8.10. The minimum Gasteiger partial charge on any atom is -0.295 e. The normalized spacial score (nSPS) is 10.9. The van der Waals surface area contributed by atoms with E-state index in [0.717, 1.165) is 18.4 Å². The van der Waals surface area contributed by atoms with Crippen molar-refractivity contribution in [2.45, 2.75) is 26.2 Å². The molecule has 0 aromatic heterocycles. The highest BCUT2D eigenvalue weighted by Gasteiger charge is 1.96. The van der Waals surface area contributed by atoms with Crippen LogP contribution in [0.25, 0.3) is 6.08 Å². The van der Waals surface area contributed by atoms with Crippen LogP contribution in [0, 0.1) is 6.92 Å². The second-order valence-corrected chi connectivity index (χ2v) is 4.23. The van der Waals surface area contributed by atoms with Gasteiger partial charge in [-0.25, -0.2) is 0 Å². The lowest BCUT2D eigenvalue weighted by atomic mass is 10.1. The van der Waals surface area contributed by atoms with Gasteiger partial charge in [-0.1, -0.05) is 35.9 Å². The third kappa shape index (κ3) is 5.13. The number of unbranched alkanes of at least 4 members (excludes halogenated alkanes) is 1. The Morgan fingerprint density at radius 3 is 2.56 bits per heavy atom. The van der Waals surface area contributed by atoms with Crippen molar-refractivity contribution in [2.24, 2.45) is 0 Å². The molecule has 0 amide bonds. The second kappa shape index (κ2) is 7.24. The predicted molar refractivity (Wildman–Crippen MR) is 69.8 cm³/mol. The maximum absolute atomic E-state index is 11.4. The third-order valence-corrected chi connectivity index (χ3v) is 2.61. The van der Waals surface area contributed by atoms with Crippen LogP contribution in [0.1, 0.15) is 30.4 Å². The highest BCUT2D eigenvalue weighted by Crippen LogP contribution is 2.06. The van der Waals surface area contributed by atoms with Crippen molar-refractivity contribution in [3.8, 4) is 0 Å². The maximum Gasteiger partial charge on any atom is 0.155 e. The summed E-state index contributed by atoms with van der Waals surface area (Å²) in [4.78, 5) is 11.4. The number of ketones is 1. The molecule has 0 radical (unpaired) electrons. The van der Waals surface area contributed by atoms with Gasteiger partial charge in [0.1, 0.15) is 0 Å². The van der Waals surface area contributed by atoms with Gasteiger partial charge in [-0.3, -0.25) is 4.79 Å². The fraction of sp³-hybridized carbons (Fsp3) is 0.357. The summed E-state index contributed by atoms with van der Waals surface area (Å²) in [6.45, 7) is 2.05. The number of halogens is 1. The molecule has 0 saturated carbocycles. The van der Waals surface area contributed by atoms with Crippen LogP contribution in [-0.2, 0) is 4.79 Å². The minimum absolute atomic E-state index is 0.172. The van der Waals surface area contributed by atoms with Gasteiger partial charge in [-0.2, -0.15) is 0 Å². The third-order valence-electron chi connectivity index (χ3n) is 2.35. The van der Waals surface area contributed by atoms with E-state index in [4.69, 9.17) is 11.6 Å². The fourth-order valence-electron chi connectivity index (χ4n) is 1.34. The first kappa shape index (κ1) is 13.0. The molecule has 2 heteroatoms. The average Bonchev–Trinajstić information content (AvgIpc) is 2.29. The van der Waals surface area contributed by atoms with Gasteiger partial charge in [0.25, 0.3) is 0 Å². The van der Waals surface area contributed by atoms with Crippen LogP contribution in [0.15, 0.2) is 30.3 Å². The molecule has 0 aliphatic rings. The molecule has 0 spiro atoms. The zero-order chi connectivity index (χ0) is 11.8. The van der Waals surface area contributed by atoms with E-state index in [2.05, 4.69) is 0 Å². The van der Waals surface area contributed by atoms with Crippen LogP contribution in [0.3, 0.4) is 0 Å². The molecule has 0 fully saturated rings. The monoisotopic (exact) mass is 236 g/mol. The van der Waals surface area contributed by atoms with Gasteiger partial charge >= 0.3 is 0 Å². The summed E-state index contributed by atoms with van der Waals surface area (Å²) in [5.41, 5.74) is 2.29. The molecule has 0 unspecified atom stereocenters. The van der Waals surface area contributed by atoms with E-state index in [1.807, 2.05) is 37.3 Å². The minimum atomic E-state index is 0.172. The van der Waals surface area contributed by atoms with E-state index in [1.165, 1.54) is 5.56 Å². The number of carbonyl (C=O) groups excluding carboxylic acids is 1. The van der Waals surface area contributed by atoms with Crippen molar-refractivity contribution in [3.63, 3.8) is 0 Å². The summed E-state index contributed by atoms with van der Waals surface area (Å²) in [5, 5.41) is 0. The Morgan fingerprint density at radius 2 is 1.94 bits per heavy atom. The lowest BCUT2D eigenvalue weighted by Crippen LogP contribution is -1.92. The first-order chi connectivity index (χ1) is 7.72. The second-order valence-electron chi connectivity index (χ2n) is 3.86. The van der Waals surface area contributed by atoms with Crippen molar-refractivity contribution >= 4 is 23.5 Å². The van der Waals surface area contributed by atoms with Gasteiger partial charge in [0.2, 0.25) is 0 Å². The first-order valence-corrected chi connectivity index (χ1v) is 6.09. The Morgan fingerprint density at radius 1 is 1.25 bits per heavy atom. The molecule has 0 N–H and O–H groups in total. The summed E-state index contributed by atoms with van der Waals surface area (Å²) in [7, 11) is 0. The van der Waals surface area contributed by atoms with Crippen LogP contribution in [0.2, 0.25) is 0 Å². The van der Waals surface area contributed by atoms with Gasteiger partial charge in [0, 0.05) is 12.3 Å². The highest BCUT2D eigenvalue weighted by molar-refractivity contribution is 6.17. The number of benzene rings is 1. The molecule has 0 atom stereocenters. The Hall–Kier alpha value is -1.08. The summed E-state index contributed by atoms with van der Waals surface area (Å²) in [5.74, 6) is 0.806. The highest BCUT2D eigenvalue weighted by atomic mass is 35.5. The zero-order valence-corrected chi connectivity index (χ0v) is 10.3. The van der Waals surface area contributed by atoms with E-state index in [0.29, 0.717) is 12.3 Å². The van der Waals surface area contributed by atoms with Crippen LogP contribution >= 0.6 is 11.6 Å². The first-order valence-electron chi connectivity index (χ1n) is 5.56. The fourth-order valence-corrected chi connectivity index (χ4v) is 1.53. The Balaban J connectivity index is 2.41. The number of rotatable bonds is 6.